The van der Waals surface area contributed by atoms with Crippen molar-refractivity contribution in [3.8, 4) is 0 Å². The highest BCUT2D eigenvalue weighted by Gasteiger charge is 2.30. The summed E-state index contributed by atoms with van der Waals surface area (Å²) in [6.45, 7) is 4.37. The Balaban J connectivity index is 2.44. The van der Waals surface area contributed by atoms with Gasteiger partial charge in [-0.1, -0.05) is 0 Å². The molecule has 0 aromatic carbocycles. The zero-order valence-electron chi connectivity index (χ0n) is 8.65. The minimum Gasteiger partial charge on any atom is -0.350 e. The van der Waals surface area contributed by atoms with Gasteiger partial charge in [0, 0.05) is 5.92 Å². The Morgan fingerprint density at radius 2 is 1.86 bits per heavy atom. The Kier molecular flexibility index (Phi) is 3.52. The molecule has 14 heavy (non-hydrogen) atoms. The van der Waals surface area contributed by atoms with Crippen molar-refractivity contribution in [3.05, 3.63) is 0 Å². The van der Waals surface area contributed by atoms with Crippen LogP contribution in [0.15, 0.2) is 0 Å². The molecule has 0 spiro atoms. The van der Waals surface area contributed by atoms with Crippen molar-refractivity contribution in [1.29, 1.82) is 0 Å². The minimum absolute atomic E-state index is 0.0560. The maximum absolute atomic E-state index is 11.1. The standard InChI is InChI=1S/C8H16O5S/c1-8(2)12-4-7(5-13-8)6-14(9,10)11-3/h7H,4-6H2,1-3H3. The summed E-state index contributed by atoms with van der Waals surface area (Å²) in [5.74, 6) is -0.805. The second-order valence-electron chi connectivity index (χ2n) is 3.78. The van der Waals surface area contributed by atoms with Crippen LogP contribution < -0.4 is 0 Å². The zero-order chi connectivity index (χ0) is 10.8. The summed E-state index contributed by atoms with van der Waals surface area (Å²) in [6, 6.07) is 0. The summed E-state index contributed by atoms with van der Waals surface area (Å²) >= 11 is 0. The molecule has 5 nitrogen and oxygen atoms in total. The summed E-state index contributed by atoms with van der Waals surface area (Å²) in [5.41, 5.74) is 0. The highest BCUT2D eigenvalue weighted by molar-refractivity contribution is 7.86. The Bertz CT molecular complexity index is 272. The van der Waals surface area contributed by atoms with Crippen molar-refractivity contribution in [2.45, 2.75) is 19.6 Å². The molecule has 0 aromatic rings. The van der Waals surface area contributed by atoms with Gasteiger partial charge < -0.3 is 9.47 Å². The highest BCUT2D eigenvalue weighted by Crippen LogP contribution is 2.21. The molecule has 1 aliphatic rings. The van der Waals surface area contributed by atoms with Crippen molar-refractivity contribution in [2.24, 2.45) is 5.92 Å². The van der Waals surface area contributed by atoms with Gasteiger partial charge in [0.25, 0.3) is 10.1 Å². The van der Waals surface area contributed by atoms with E-state index in [0.717, 1.165) is 7.11 Å². The van der Waals surface area contributed by atoms with Gasteiger partial charge in [0.1, 0.15) is 0 Å². The molecule has 6 heteroatoms. The number of rotatable bonds is 3. The molecular weight excluding hydrogens is 208 g/mol. The Hall–Kier alpha value is -0.170. The fourth-order valence-electron chi connectivity index (χ4n) is 1.18. The van der Waals surface area contributed by atoms with E-state index in [1.165, 1.54) is 0 Å². The van der Waals surface area contributed by atoms with Crippen LogP contribution in [0, 0.1) is 5.92 Å². The largest absolute Gasteiger partial charge is 0.350 e. The third kappa shape index (κ3) is 3.53. The van der Waals surface area contributed by atoms with E-state index in [1.54, 1.807) is 13.8 Å². The summed E-state index contributed by atoms with van der Waals surface area (Å²) in [6.07, 6.45) is 0. The van der Waals surface area contributed by atoms with Gasteiger partial charge in [0.15, 0.2) is 5.79 Å². The van der Waals surface area contributed by atoms with Gasteiger partial charge in [-0.15, -0.1) is 0 Å². The van der Waals surface area contributed by atoms with Crippen LogP contribution in [-0.2, 0) is 23.8 Å². The molecule has 0 bridgehead atoms. The molecule has 0 atom stereocenters. The van der Waals surface area contributed by atoms with Crippen molar-refractivity contribution in [2.75, 3.05) is 26.1 Å². The molecule has 84 valence electrons. The zero-order valence-corrected chi connectivity index (χ0v) is 9.46. The van der Waals surface area contributed by atoms with E-state index in [-0.39, 0.29) is 11.7 Å². The Morgan fingerprint density at radius 1 is 1.36 bits per heavy atom. The fourth-order valence-corrected chi connectivity index (χ4v) is 2.09. The predicted molar refractivity (Wildman–Crippen MR) is 50.3 cm³/mol. The summed E-state index contributed by atoms with van der Waals surface area (Å²) in [7, 11) is -2.26. The fraction of sp³-hybridized carbons (Fsp3) is 1.00. The molecule has 0 N–H and O–H groups in total. The lowest BCUT2D eigenvalue weighted by atomic mass is 10.2. The quantitative estimate of drug-likeness (QED) is 0.648. The van der Waals surface area contributed by atoms with Crippen molar-refractivity contribution in [3.63, 3.8) is 0 Å². The molecule has 0 unspecified atom stereocenters. The Morgan fingerprint density at radius 3 is 2.29 bits per heavy atom. The van der Waals surface area contributed by atoms with Crippen LogP contribution in [-0.4, -0.2) is 40.3 Å². The van der Waals surface area contributed by atoms with E-state index in [0.29, 0.717) is 13.2 Å². The second-order valence-corrected chi connectivity index (χ2v) is 5.56. The maximum Gasteiger partial charge on any atom is 0.267 e. The van der Waals surface area contributed by atoms with Crippen molar-refractivity contribution < 1.29 is 22.1 Å². The van der Waals surface area contributed by atoms with Gasteiger partial charge in [-0.2, -0.15) is 8.42 Å². The van der Waals surface area contributed by atoms with Gasteiger partial charge >= 0.3 is 0 Å². The van der Waals surface area contributed by atoms with Gasteiger partial charge in [0.05, 0.1) is 26.1 Å². The lowest BCUT2D eigenvalue weighted by molar-refractivity contribution is -0.259. The second kappa shape index (κ2) is 4.14. The molecular formula is C8H16O5S. The highest BCUT2D eigenvalue weighted by atomic mass is 32.2. The molecule has 0 saturated carbocycles. The average Bonchev–Trinajstić information content (AvgIpc) is 2.09. The van der Waals surface area contributed by atoms with Gasteiger partial charge in [0.2, 0.25) is 0 Å². The normalized spacial score (nSPS) is 23.6. The Labute approximate surface area is 84.5 Å². The van der Waals surface area contributed by atoms with E-state index in [1.807, 2.05) is 0 Å². The van der Waals surface area contributed by atoms with Crippen LogP contribution >= 0.6 is 0 Å². The van der Waals surface area contributed by atoms with Crippen LogP contribution in [0.25, 0.3) is 0 Å². The summed E-state index contributed by atoms with van der Waals surface area (Å²) in [4.78, 5) is 0. The first-order chi connectivity index (χ1) is 6.35. The van der Waals surface area contributed by atoms with E-state index < -0.39 is 15.9 Å². The van der Waals surface area contributed by atoms with Gasteiger partial charge in [-0.25, -0.2) is 0 Å². The van der Waals surface area contributed by atoms with E-state index in [2.05, 4.69) is 4.18 Å². The maximum atomic E-state index is 11.1. The molecule has 0 amide bonds. The van der Waals surface area contributed by atoms with Gasteiger partial charge in [-0.05, 0) is 13.8 Å². The first-order valence-electron chi connectivity index (χ1n) is 4.41. The summed E-state index contributed by atoms with van der Waals surface area (Å²) < 4.78 is 37.2. The van der Waals surface area contributed by atoms with Gasteiger partial charge in [-0.3, -0.25) is 4.18 Å². The van der Waals surface area contributed by atoms with Crippen LogP contribution in [0.5, 0.6) is 0 Å². The monoisotopic (exact) mass is 224 g/mol. The molecule has 1 fully saturated rings. The number of hydrogen-bond acceptors (Lipinski definition) is 5. The number of hydrogen-bond donors (Lipinski definition) is 0. The lowest BCUT2D eigenvalue weighted by Crippen LogP contribution is -2.41. The smallest absolute Gasteiger partial charge is 0.267 e. The molecule has 0 radical (unpaired) electrons. The third-order valence-corrected chi connectivity index (χ3v) is 3.41. The predicted octanol–water partition coefficient (Wildman–Crippen LogP) is 0.362. The van der Waals surface area contributed by atoms with Crippen LogP contribution in [0.2, 0.25) is 0 Å². The first-order valence-corrected chi connectivity index (χ1v) is 5.98. The van der Waals surface area contributed by atoms with E-state index >= 15 is 0 Å². The third-order valence-electron chi connectivity index (χ3n) is 2.03. The molecule has 0 aliphatic carbocycles. The lowest BCUT2D eigenvalue weighted by Gasteiger charge is -2.34. The molecule has 1 heterocycles. The molecule has 1 aliphatic heterocycles. The first kappa shape index (κ1) is 11.9. The van der Waals surface area contributed by atoms with E-state index in [4.69, 9.17) is 9.47 Å². The van der Waals surface area contributed by atoms with Crippen molar-refractivity contribution >= 4 is 10.1 Å². The molecule has 0 aromatic heterocycles. The summed E-state index contributed by atoms with van der Waals surface area (Å²) in [5, 5.41) is 0. The van der Waals surface area contributed by atoms with Crippen LogP contribution in [0.4, 0.5) is 0 Å². The SMILES string of the molecule is COS(=O)(=O)CC1COC(C)(C)OC1. The van der Waals surface area contributed by atoms with E-state index in [9.17, 15) is 8.42 Å². The van der Waals surface area contributed by atoms with Crippen LogP contribution in [0.3, 0.4) is 0 Å². The minimum atomic E-state index is -3.42. The van der Waals surface area contributed by atoms with Crippen LogP contribution in [0.1, 0.15) is 13.8 Å². The average molecular weight is 224 g/mol. The molecule has 1 rings (SSSR count). The van der Waals surface area contributed by atoms with Crippen molar-refractivity contribution in [1.82, 2.24) is 0 Å². The topological polar surface area (TPSA) is 61.8 Å². The molecule has 1 saturated heterocycles. The number of ether oxygens (including phenoxy) is 2.